The molecule has 5 nitrogen and oxygen atoms in total. The molecule has 0 bridgehead atoms. The highest BCUT2D eigenvalue weighted by Crippen LogP contribution is 2.60. The van der Waals surface area contributed by atoms with Gasteiger partial charge >= 0.3 is 0 Å². The number of allylic oxidation sites excluding steroid dienone is 3. The van der Waals surface area contributed by atoms with Gasteiger partial charge in [0.15, 0.2) is 0 Å². The molecule has 1 aromatic carbocycles. The Morgan fingerprint density at radius 2 is 1.56 bits per heavy atom. The molecule has 5 rings (SSSR count). The molecule has 0 radical (unpaired) electrons. The number of amides is 3. The summed E-state index contributed by atoms with van der Waals surface area (Å²) in [6.07, 6.45) is 11.0. The average molecular weight is 579 g/mol. The van der Waals surface area contributed by atoms with Crippen LogP contribution in [0, 0.1) is 19.8 Å². The summed E-state index contributed by atoms with van der Waals surface area (Å²) in [6.45, 7) is 17.4. The quantitative estimate of drug-likeness (QED) is 0.304. The third-order valence-electron chi connectivity index (χ3n) is 9.89. The van der Waals surface area contributed by atoms with E-state index in [1.54, 1.807) is 0 Å². The number of imide groups is 1. The summed E-state index contributed by atoms with van der Waals surface area (Å²) in [4.78, 5) is 45.1. The first-order chi connectivity index (χ1) is 19.6. The van der Waals surface area contributed by atoms with Crippen molar-refractivity contribution in [2.75, 3.05) is 11.4 Å². The van der Waals surface area contributed by atoms with E-state index in [0.29, 0.717) is 5.92 Å². The molecule has 2 atom stereocenters. The molecule has 3 aliphatic heterocycles. The molecule has 1 aliphatic carbocycles. The van der Waals surface area contributed by atoms with E-state index in [9.17, 15) is 14.4 Å². The van der Waals surface area contributed by atoms with Gasteiger partial charge in [0.1, 0.15) is 6.54 Å². The predicted molar refractivity (Wildman–Crippen MR) is 172 cm³/mol. The Bertz CT molecular complexity index is 1270. The van der Waals surface area contributed by atoms with E-state index in [0.717, 1.165) is 43.4 Å². The van der Waals surface area contributed by atoms with Crippen LogP contribution in [0.1, 0.15) is 128 Å². The third-order valence-corrected chi connectivity index (χ3v) is 11.6. The SMILES string of the molecule is C1CCC1.CCC1=C(CC)C(CC)C2=C(S1)C(C)(CC)N(C(=O)CN1C(=O)CCC1=O)c1c2cc(C)c(C)c1CC. The Balaban J connectivity index is 0.000000890. The zero-order valence-electron chi connectivity index (χ0n) is 26.7. The van der Waals surface area contributed by atoms with Crippen molar-refractivity contribution in [2.45, 2.75) is 132 Å². The molecule has 4 aliphatic rings. The molecule has 1 aromatic rings. The number of carbonyl (C=O) groups is 3. The van der Waals surface area contributed by atoms with Gasteiger partial charge in [-0.1, -0.05) is 77.6 Å². The van der Waals surface area contributed by atoms with E-state index in [4.69, 9.17) is 0 Å². The van der Waals surface area contributed by atoms with Crippen molar-refractivity contribution < 1.29 is 14.4 Å². The van der Waals surface area contributed by atoms with Crippen LogP contribution in [0.4, 0.5) is 5.69 Å². The largest absolute Gasteiger partial charge is 0.299 e. The number of anilines is 1. The first-order valence-corrected chi connectivity index (χ1v) is 16.8. The van der Waals surface area contributed by atoms with Crippen LogP contribution < -0.4 is 4.90 Å². The van der Waals surface area contributed by atoms with Crippen LogP contribution in [0.25, 0.3) is 5.57 Å². The maximum Gasteiger partial charge on any atom is 0.247 e. The van der Waals surface area contributed by atoms with E-state index < -0.39 is 5.54 Å². The van der Waals surface area contributed by atoms with Crippen LogP contribution >= 0.6 is 11.8 Å². The van der Waals surface area contributed by atoms with Crippen LogP contribution in [0.15, 0.2) is 21.4 Å². The van der Waals surface area contributed by atoms with E-state index >= 15 is 0 Å². The fourth-order valence-corrected chi connectivity index (χ4v) is 8.49. The minimum atomic E-state index is -0.561. The van der Waals surface area contributed by atoms with Crippen LogP contribution in [0.2, 0.25) is 0 Å². The number of aryl methyl sites for hydroxylation is 1. The molecular weight excluding hydrogens is 528 g/mol. The van der Waals surface area contributed by atoms with Gasteiger partial charge in [-0.3, -0.25) is 24.2 Å². The van der Waals surface area contributed by atoms with Crippen molar-refractivity contribution in [1.82, 2.24) is 4.90 Å². The molecule has 1 saturated heterocycles. The molecule has 3 heterocycles. The average Bonchev–Trinajstić information content (AvgIpc) is 3.24. The lowest BCUT2D eigenvalue weighted by atomic mass is 9.73. The lowest BCUT2D eigenvalue weighted by Crippen LogP contribution is -2.57. The van der Waals surface area contributed by atoms with Gasteiger partial charge in [0.25, 0.3) is 0 Å². The van der Waals surface area contributed by atoms with Gasteiger partial charge in [-0.25, -0.2) is 0 Å². The summed E-state index contributed by atoms with van der Waals surface area (Å²) < 4.78 is 0. The molecule has 41 heavy (non-hydrogen) atoms. The van der Waals surface area contributed by atoms with E-state index in [1.165, 1.54) is 68.2 Å². The second kappa shape index (κ2) is 12.9. The van der Waals surface area contributed by atoms with E-state index in [1.807, 2.05) is 16.7 Å². The van der Waals surface area contributed by atoms with Crippen LogP contribution in [0.3, 0.4) is 0 Å². The number of carbonyl (C=O) groups excluding carboxylic acids is 3. The van der Waals surface area contributed by atoms with Crippen LogP contribution in [0.5, 0.6) is 0 Å². The predicted octanol–water partition coefficient (Wildman–Crippen LogP) is 8.65. The van der Waals surface area contributed by atoms with Gasteiger partial charge < -0.3 is 0 Å². The molecule has 0 N–H and O–H groups in total. The summed E-state index contributed by atoms with van der Waals surface area (Å²) in [5.41, 5.74) is 8.15. The number of nitrogens with zero attached hydrogens (tertiary/aromatic N) is 2. The maximum atomic E-state index is 14.3. The molecule has 2 unspecified atom stereocenters. The topological polar surface area (TPSA) is 57.7 Å². The lowest BCUT2D eigenvalue weighted by molar-refractivity contribution is -0.142. The number of likely N-dealkylation sites (tertiary alicyclic amines) is 1. The van der Waals surface area contributed by atoms with Crippen molar-refractivity contribution in [3.05, 3.63) is 43.7 Å². The van der Waals surface area contributed by atoms with Crippen molar-refractivity contribution in [3.8, 4) is 0 Å². The zero-order valence-corrected chi connectivity index (χ0v) is 27.5. The standard InChI is InChI=1S/C31H42N2O3S.C4H8/c1-9-20-19(7)18(6)16-23-28-22(11-3)21(10-2)24(12-4)37-30(28)31(8,13-5)33(29(20)23)27(36)17-32-25(34)14-15-26(32)35;1-2-4-3-1/h16,22H,9-15,17H2,1-8H3;1-4H2. The third kappa shape index (κ3) is 5.46. The molecular formula is C35H50N2O3S. The van der Waals surface area contributed by atoms with Crippen molar-refractivity contribution in [2.24, 2.45) is 5.92 Å². The van der Waals surface area contributed by atoms with Crippen LogP contribution in [-0.2, 0) is 20.8 Å². The normalized spacial score (nSPS) is 23.8. The molecule has 3 amide bonds. The number of thioether (sulfide) groups is 1. The van der Waals surface area contributed by atoms with E-state index in [-0.39, 0.29) is 37.1 Å². The molecule has 1 saturated carbocycles. The summed E-state index contributed by atoms with van der Waals surface area (Å²) in [7, 11) is 0. The van der Waals surface area contributed by atoms with Gasteiger partial charge in [-0.05, 0) is 86.1 Å². The number of fused-ring (bicyclic) bond motifs is 2. The highest BCUT2D eigenvalue weighted by atomic mass is 32.2. The summed E-state index contributed by atoms with van der Waals surface area (Å²) in [5.74, 6) is -0.333. The first-order valence-electron chi connectivity index (χ1n) is 16.0. The number of benzene rings is 1. The monoisotopic (exact) mass is 578 g/mol. The Morgan fingerprint density at radius 1 is 0.951 bits per heavy atom. The smallest absolute Gasteiger partial charge is 0.247 e. The fourth-order valence-electron chi connectivity index (χ4n) is 6.86. The second-order valence-electron chi connectivity index (χ2n) is 12.2. The van der Waals surface area contributed by atoms with Gasteiger partial charge in [-0.2, -0.15) is 0 Å². The summed E-state index contributed by atoms with van der Waals surface area (Å²) >= 11 is 1.87. The van der Waals surface area contributed by atoms with Crippen LogP contribution in [-0.4, -0.2) is 34.7 Å². The summed E-state index contributed by atoms with van der Waals surface area (Å²) in [6, 6.07) is 2.29. The van der Waals surface area contributed by atoms with Gasteiger partial charge in [-0.15, -0.1) is 0 Å². The molecule has 0 spiro atoms. The summed E-state index contributed by atoms with van der Waals surface area (Å²) in [5, 5.41) is 0. The molecule has 2 fully saturated rings. The molecule has 224 valence electrons. The molecule has 6 heteroatoms. The minimum Gasteiger partial charge on any atom is -0.299 e. The highest BCUT2D eigenvalue weighted by Gasteiger charge is 2.50. The second-order valence-corrected chi connectivity index (χ2v) is 13.3. The number of rotatable bonds is 7. The zero-order chi connectivity index (χ0) is 30.1. The first kappa shape index (κ1) is 31.6. The fraction of sp³-hybridized carbons (Fsp3) is 0.629. The van der Waals surface area contributed by atoms with Gasteiger partial charge in [0.2, 0.25) is 17.7 Å². The van der Waals surface area contributed by atoms with Crippen molar-refractivity contribution in [1.29, 1.82) is 0 Å². The minimum absolute atomic E-state index is 0.171. The van der Waals surface area contributed by atoms with E-state index in [2.05, 4.69) is 61.5 Å². The highest BCUT2D eigenvalue weighted by molar-refractivity contribution is 8.07. The molecule has 0 aromatic heterocycles. The van der Waals surface area contributed by atoms with Crippen molar-refractivity contribution in [3.63, 3.8) is 0 Å². The Kier molecular flexibility index (Phi) is 9.93. The van der Waals surface area contributed by atoms with Gasteiger partial charge in [0.05, 0.1) is 11.2 Å². The number of hydrogen-bond acceptors (Lipinski definition) is 4. The van der Waals surface area contributed by atoms with Crippen molar-refractivity contribution >= 4 is 40.7 Å². The Morgan fingerprint density at radius 3 is 2.02 bits per heavy atom. The van der Waals surface area contributed by atoms with Gasteiger partial charge in [0, 0.05) is 29.2 Å². The Hall–Kier alpha value is -2.34. The Labute approximate surface area is 252 Å². The number of hydrogen-bond donors (Lipinski definition) is 0. The maximum absolute atomic E-state index is 14.3. The lowest BCUT2D eigenvalue weighted by Gasteiger charge is -2.51.